The molecule has 0 saturated carbocycles. The molecule has 0 aliphatic carbocycles. The van der Waals surface area contributed by atoms with E-state index in [9.17, 15) is 9.90 Å². The van der Waals surface area contributed by atoms with E-state index >= 15 is 0 Å². The number of primary amides is 1. The normalized spacial score (nSPS) is 10.2. The molecule has 0 aliphatic rings. The number of carbonyl (C=O) groups is 1. The van der Waals surface area contributed by atoms with Crippen LogP contribution in [0.4, 0.5) is 0 Å². The van der Waals surface area contributed by atoms with Gasteiger partial charge < -0.3 is 10.8 Å². The van der Waals surface area contributed by atoms with Crippen LogP contribution in [0.2, 0.25) is 0 Å². The Morgan fingerprint density at radius 1 is 1.06 bits per heavy atom. The van der Waals surface area contributed by atoms with Crippen molar-refractivity contribution in [3.8, 4) is 5.75 Å². The van der Waals surface area contributed by atoms with Crippen LogP contribution in [0.15, 0.2) is 48.5 Å². The van der Waals surface area contributed by atoms with Crippen LogP contribution in [0, 0.1) is 0 Å². The molecule has 0 spiro atoms. The molecule has 2 rings (SSSR count). The zero-order chi connectivity index (χ0) is 13.0. The molecule has 0 radical (unpaired) electrons. The van der Waals surface area contributed by atoms with Crippen molar-refractivity contribution in [1.82, 2.24) is 0 Å². The SMILES string of the molecule is NC(=O)c1ccccc1CCc1cccc(O)c1. The standard InChI is InChI=1S/C15H15NO2/c16-15(18)14-7-2-1-5-12(14)9-8-11-4-3-6-13(17)10-11/h1-7,10,17H,8-9H2,(H2,16,18). The molecule has 3 nitrogen and oxygen atoms in total. The second kappa shape index (κ2) is 5.36. The minimum absolute atomic E-state index is 0.260. The number of hydrogen-bond donors (Lipinski definition) is 2. The van der Waals surface area contributed by atoms with Gasteiger partial charge in [0.1, 0.15) is 5.75 Å². The first kappa shape index (κ1) is 12.2. The topological polar surface area (TPSA) is 63.3 Å². The molecule has 2 aromatic rings. The molecule has 0 saturated heterocycles. The van der Waals surface area contributed by atoms with Crippen LogP contribution < -0.4 is 5.73 Å². The fraction of sp³-hybridized carbons (Fsp3) is 0.133. The maximum Gasteiger partial charge on any atom is 0.248 e. The molecule has 0 atom stereocenters. The van der Waals surface area contributed by atoms with Crippen LogP contribution in [0.1, 0.15) is 21.5 Å². The lowest BCUT2D eigenvalue weighted by molar-refractivity contribution is 0.0999. The van der Waals surface area contributed by atoms with Gasteiger partial charge in [0.15, 0.2) is 0 Å². The van der Waals surface area contributed by atoms with E-state index < -0.39 is 5.91 Å². The number of amides is 1. The number of carbonyl (C=O) groups excluding carboxylic acids is 1. The molecule has 0 heterocycles. The minimum atomic E-state index is -0.401. The molecule has 2 aromatic carbocycles. The minimum Gasteiger partial charge on any atom is -0.508 e. The summed E-state index contributed by atoms with van der Waals surface area (Å²) in [7, 11) is 0. The predicted octanol–water partition coefficient (Wildman–Crippen LogP) is 2.28. The Morgan fingerprint density at radius 2 is 1.83 bits per heavy atom. The van der Waals surface area contributed by atoms with E-state index in [1.54, 1.807) is 24.3 Å². The molecule has 3 N–H and O–H groups in total. The van der Waals surface area contributed by atoms with Gasteiger partial charge in [0, 0.05) is 5.56 Å². The van der Waals surface area contributed by atoms with Crippen molar-refractivity contribution in [3.63, 3.8) is 0 Å². The lowest BCUT2D eigenvalue weighted by atomic mass is 9.99. The summed E-state index contributed by atoms with van der Waals surface area (Å²) in [5, 5.41) is 9.38. The van der Waals surface area contributed by atoms with Crippen molar-refractivity contribution in [1.29, 1.82) is 0 Å². The van der Waals surface area contributed by atoms with Crippen molar-refractivity contribution in [2.45, 2.75) is 12.8 Å². The first-order valence-corrected chi connectivity index (χ1v) is 5.82. The number of rotatable bonds is 4. The lowest BCUT2D eigenvalue weighted by Crippen LogP contribution is -2.13. The van der Waals surface area contributed by atoms with E-state index in [1.807, 2.05) is 24.3 Å². The number of hydrogen-bond acceptors (Lipinski definition) is 2. The summed E-state index contributed by atoms with van der Waals surface area (Å²) in [6, 6.07) is 14.5. The van der Waals surface area contributed by atoms with Crippen molar-refractivity contribution < 1.29 is 9.90 Å². The van der Waals surface area contributed by atoms with Crippen molar-refractivity contribution >= 4 is 5.91 Å². The fourth-order valence-corrected chi connectivity index (χ4v) is 1.97. The van der Waals surface area contributed by atoms with Gasteiger partial charge in [0.2, 0.25) is 5.91 Å². The molecule has 0 bridgehead atoms. The molecule has 0 aromatic heterocycles. The van der Waals surface area contributed by atoms with Gasteiger partial charge in [-0.15, -0.1) is 0 Å². The summed E-state index contributed by atoms with van der Waals surface area (Å²) < 4.78 is 0. The van der Waals surface area contributed by atoms with E-state index in [2.05, 4.69) is 0 Å². The Balaban J connectivity index is 2.13. The van der Waals surface area contributed by atoms with Gasteiger partial charge in [0.05, 0.1) is 0 Å². The smallest absolute Gasteiger partial charge is 0.248 e. The van der Waals surface area contributed by atoms with Gasteiger partial charge >= 0.3 is 0 Å². The molecule has 18 heavy (non-hydrogen) atoms. The maximum absolute atomic E-state index is 11.3. The summed E-state index contributed by atoms with van der Waals surface area (Å²) in [5.41, 5.74) is 7.87. The Bertz CT molecular complexity index is 564. The van der Waals surface area contributed by atoms with Crippen molar-refractivity contribution in [3.05, 3.63) is 65.2 Å². The Kier molecular flexibility index (Phi) is 3.63. The first-order chi connectivity index (χ1) is 8.66. The van der Waals surface area contributed by atoms with Crippen LogP contribution in [-0.2, 0) is 12.8 Å². The van der Waals surface area contributed by atoms with E-state index in [0.29, 0.717) is 5.56 Å². The molecule has 1 amide bonds. The van der Waals surface area contributed by atoms with E-state index in [1.165, 1.54) is 0 Å². The number of benzene rings is 2. The van der Waals surface area contributed by atoms with Crippen LogP contribution in [-0.4, -0.2) is 11.0 Å². The van der Waals surface area contributed by atoms with Crippen molar-refractivity contribution in [2.75, 3.05) is 0 Å². The molecule has 92 valence electrons. The van der Waals surface area contributed by atoms with E-state index in [4.69, 9.17) is 5.73 Å². The fourth-order valence-electron chi connectivity index (χ4n) is 1.97. The van der Waals surface area contributed by atoms with Crippen LogP contribution >= 0.6 is 0 Å². The van der Waals surface area contributed by atoms with E-state index in [0.717, 1.165) is 24.0 Å². The van der Waals surface area contributed by atoms with Gasteiger partial charge in [-0.2, -0.15) is 0 Å². The highest BCUT2D eigenvalue weighted by molar-refractivity contribution is 5.94. The number of phenols is 1. The van der Waals surface area contributed by atoms with E-state index in [-0.39, 0.29) is 5.75 Å². The lowest BCUT2D eigenvalue weighted by Gasteiger charge is -2.06. The van der Waals surface area contributed by atoms with Gasteiger partial charge in [0.25, 0.3) is 0 Å². The summed E-state index contributed by atoms with van der Waals surface area (Å²) in [5.74, 6) is -0.141. The Hall–Kier alpha value is -2.29. The predicted molar refractivity (Wildman–Crippen MR) is 70.5 cm³/mol. The summed E-state index contributed by atoms with van der Waals surface area (Å²) in [6.07, 6.45) is 1.49. The molecular weight excluding hydrogens is 226 g/mol. The molecule has 3 heteroatoms. The molecule has 0 aliphatic heterocycles. The average Bonchev–Trinajstić information content (AvgIpc) is 2.37. The van der Waals surface area contributed by atoms with Crippen LogP contribution in [0.3, 0.4) is 0 Å². The first-order valence-electron chi connectivity index (χ1n) is 5.82. The third-order valence-electron chi connectivity index (χ3n) is 2.88. The van der Waals surface area contributed by atoms with Gasteiger partial charge in [-0.1, -0.05) is 30.3 Å². The highest BCUT2D eigenvalue weighted by Crippen LogP contribution is 2.15. The highest BCUT2D eigenvalue weighted by Gasteiger charge is 2.07. The molecule has 0 fully saturated rings. The van der Waals surface area contributed by atoms with Crippen LogP contribution in [0.25, 0.3) is 0 Å². The monoisotopic (exact) mass is 241 g/mol. The second-order valence-corrected chi connectivity index (χ2v) is 4.19. The quantitative estimate of drug-likeness (QED) is 0.862. The Labute approximate surface area is 106 Å². The second-order valence-electron chi connectivity index (χ2n) is 4.19. The highest BCUT2D eigenvalue weighted by atomic mass is 16.3. The number of phenolic OH excluding ortho intramolecular Hbond substituents is 1. The maximum atomic E-state index is 11.3. The summed E-state index contributed by atoms with van der Waals surface area (Å²) >= 11 is 0. The van der Waals surface area contributed by atoms with Gasteiger partial charge in [-0.3, -0.25) is 4.79 Å². The van der Waals surface area contributed by atoms with Gasteiger partial charge in [-0.05, 0) is 42.2 Å². The van der Waals surface area contributed by atoms with Crippen molar-refractivity contribution in [2.24, 2.45) is 5.73 Å². The Morgan fingerprint density at radius 3 is 2.56 bits per heavy atom. The number of nitrogens with two attached hydrogens (primary N) is 1. The third kappa shape index (κ3) is 2.88. The van der Waals surface area contributed by atoms with Crippen LogP contribution in [0.5, 0.6) is 5.75 Å². The largest absolute Gasteiger partial charge is 0.508 e. The summed E-state index contributed by atoms with van der Waals surface area (Å²) in [4.78, 5) is 11.3. The molecular formula is C15H15NO2. The number of aromatic hydroxyl groups is 1. The third-order valence-corrected chi connectivity index (χ3v) is 2.88. The zero-order valence-electron chi connectivity index (χ0n) is 9.97. The number of aryl methyl sites for hydroxylation is 2. The summed E-state index contributed by atoms with van der Waals surface area (Å²) in [6.45, 7) is 0. The van der Waals surface area contributed by atoms with Gasteiger partial charge in [-0.25, -0.2) is 0 Å². The zero-order valence-corrected chi connectivity index (χ0v) is 9.97. The average molecular weight is 241 g/mol. The molecule has 0 unspecified atom stereocenters.